The fourth-order valence-corrected chi connectivity index (χ4v) is 2.38. The van der Waals surface area contributed by atoms with Crippen molar-refractivity contribution in [3.05, 3.63) is 0 Å². The van der Waals surface area contributed by atoms with E-state index in [1.54, 1.807) is 4.90 Å². The van der Waals surface area contributed by atoms with Crippen LogP contribution in [0.5, 0.6) is 0 Å². The van der Waals surface area contributed by atoms with E-state index in [1.807, 2.05) is 7.05 Å². The second kappa shape index (κ2) is 8.91. The molecule has 110 valence electrons. The van der Waals surface area contributed by atoms with E-state index in [1.165, 1.54) is 20.0 Å². The number of nitrogens with zero attached hydrogens (tertiary/aromatic N) is 1. The van der Waals surface area contributed by atoms with Gasteiger partial charge in [-0.15, -0.1) is 0 Å². The maximum Gasteiger partial charge on any atom is 0.305 e. The van der Waals surface area contributed by atoms with Crippen LogP contribution in [0.15, 0.2) is 0 Å². The maximum absolute atomic E-state index is 11.9. The number of carbonyl (C=O) groups is 2. The van der Waals surface area contributed by atoms with E-state index < -0.39 is 0 Å². The summed E-state index contributed by atoms with van der Waals surface area (Å²) in [5.74, 6) is 0.660. The quantitative estimate of drug-likeness (QED) is 0.706. The molecule has 0 radical (unpaired) electrons. The van der Waals surface area contributed by atoms with Gasteiger partial charge in [-0.3, -0.25) is 9.59 Å². The van der Waals surface area contributed by atoms with Gasteiger partial charge in [0, 0.05) is 26.4 Å². The van der Waals surface area contributed by atoms with Gasteiger partial charge in [-0.2, -0.15) is 0 Å². The van der Waals surface area contributed by atoms with E-state index in [2.05, 4.69) is 10.1 Å². The zero-order chi connectivity index (χ0) is 14.1. The molecule has 5 nitrogen and oxygen atoms in total. The van der Waals surface area contributed by atoms with Crippen LogP contribution in [0.2, 0.25) is 0 Å². The van der Waals surface area contributed by atoms with Crippen molar-refractivity contribution in [2.75, 3.05) is 33.8 Å². The van der Waals surface area contributed by atoms with Crippen molar-refractivity contribution >= 4 is 11.9 Å². The van der Waals surface area contributed by atoms with Crippen LogP contribution in [0.3, 0.4) is 0 Å². The number of amides is 1. The van der Waals surface area contributed by atoms with Crippen molar-refractivity contribution in [1.29, 1.82) is 0 Å². The molecular formula is C14H26N2O3. The summed E-state index contributed by atoms with van der Waals surface area (Å²) in [5.41, 5.74) is 0. The lowest BCUT2D eigenvalue weighted by Gasteiger charge is -2.23. The zero-order valence-electron chi connectivity index (χ0n) is 12.1. The Morgan fingerprint density at radius 2 is 1.95 bits per heavy atom. The topological polar surface area (TPSA) is 58.6 Å². The number of hydrogen-bond acceptors (Lipinski definition) is 4. The average Bonchev–Trinajstić information content (AvgIpc) is 2.45. The van der Waals surface area contributed by atoms with E-state index in [0.29, 0.717) is 31.7 Å². The van der Waals surface area contributed by atoms with Gasteiger partial charge in [0.05, 0.1) is 7.11 Å². The lowest BCUT2D eigenvalue weighted by molar-refractivity contribution is -0.141. The van der Waals surface area contributed by atoms with E-state index in [9.17, 15) is 9.59 Å². The summed E-state index contributed by atoms with van der Waals surface area (Å²) in [6.07, 6.45) is 5.02. The molecule has 1 saturated heterocycles. The number of ether oxygens (including phenoxy) is 1. The van der Waals surface area contributed by atoms with Crippen molar-refractivity contribution in [2.45, 2.75) is 38.5 Å². The molecule has 0 atom stereocenters. The van der Waals surface area contributed by atoms with E-state index in [-0.39, 0.29) is 11.9 Å². The summed E-state index contributed by atoms with van der Waals surface area (Å²) in [6.45, 7) is 2.78. The minimum atomic E-state index is -0.212. The number of rotatable bonds is 7. The summed E-state index contributed by atoms with van der Waals surface area (Å²) in [7, 11) is 3.19. The van der Waals surface area contributed by atoms with Crippen LogP contribution in [0.4, 0.5) is 0 Å². The van der Waals surface area contributed by atoms with Crippen LogP contribution >= 0.6 is 0 Å². The molecule has 0 unspecified atom stereocenters. The average molecular weight is 270 g/mol. The van der Waals surface area contributed by atoms with Crippen molar-refractivity contribution in [3.63, 3.8) is 0 Å². The van der Waals surface area contributed by atoms with Crippen molar-refractivity contribution in [1.82, 2.24) is 10.2 Å². The first-order valence-electron chi connectivity index (χ1n) is 7.15. The number of carbonyl (C=O) groups excluding carboxylic acids is 2. The molecule has 0 aromatic carbocycles. The Balaban J connectivity index is 2.11. The smallest absolute Gasteiger partial charge is 0.305 e. The van der Waals surface area contributed by atoms with E-state index in [0.717, 1.165) is 19.5 Å². The number of hydrogen-bond donors (Lipinski definition) is 1. The van der Waals surface area contributed by atoms with Crippen LogP contribution < -0.4 is 5.32 Å². The monoisotopic (exact) mass is 270 g/mol. The van der Waals surface area contributed by atoms with Gasteiger partial charge in [0.15, 0.2) is 0 Å². The maximum atomic E-state index is 11.9. The highest BCUT2D eigenvalue weighted by molar-refractivity contribution is 5.76. The molecule has 1 rings (SSSR count). The first-order valence-corrected chi connectivity index (χ1v) is 7.15. The Hall–Kier alpha value is -1.10. The molecule has 1 amide bonds. The summed E-state index contributed by atoms with van der Waals surface area (Å²) in [4.78, 5) is 24.6. The molecule has 0 saturated carbocycles. The molecule has 0 spiro atoms. The van der Waals surface area contributed by atoms with Crippen molar-refractivity contribution < 1.29 is 14.3 Å². The summed E-state index contributed by atoms with van der Waals surface area (Å²) in [6, 6.07) is 0. The molecule has 1 N–H and O–H groups in total. The third-order valence-corrected chi connectivity index (χ3v) is 3.75. The first-order chi connectivity index (χ1) is 9.13. The minimum Gasteiger partial charge on any atom is -0.469 e. The Morgan fingerprint density at radius 3 is 2.58 bits per heavy atom. The third-order valence-electron chi connectivity index (χ3n) is 3.75. The molecule has 1 fully saturated rings. The number of piperidine rings is 1. The molecule has 19 heavy (non-hydrogen) atoms. The van der Waals surface area contributed by atoms with Crippen molar-refractivity contribution in [2.24, 2.45) is 5.92 Å². The molecule has 0 aromatic rings. The molecule has 0 aliphatic carbocycles. The summed E-state index contributed by atoms with van der Waals surface area (Å²) >= 11 is 0. The largest absolute Gasteiger partial charge is 0.469 e. The van der Waals surface area contributed by atoms with Gasteiger partial charge in [0.1, 0.15) is 0 Å². The van der Waals surface area contributed by atoms with Crippen LogP contribution in [-0.4, -0.2) is 50.6 Å². The van der Waals surface area contributed by atoms with Crippen LogP contribution in [0.1, 0.15) is 38.5 Å². The number of nitrogens with one attached hydrogen (secondary N) is 1. The van der Waals surface area contributed by atoms with Crippen molar-refractivity contribution in [3.8, 4) is 0 Å². The Kier molecular flexibility index (Phi) is 7.48. The Bertz CT molecular complexity index is 288. The predicted molar refractivity (Wildman–Crippen MR) is 73.7 cm³/mol. The minimum absolute atomic E-state index is 0.184. The standard InChI is InChI=1S/C14H26N2O3/c1-16(11-3-4-14(18)19-2)13(17)6-5-12-7-9-15-10-8-12/h12,15H,3-11H2,1-2H3. The second-order valence-electron chi connectivity index (χ2n) is 5.23. The SMILES string of the molecule is COC(=O)CCCN(C)C(=O)CCC1CCNCC1. The highest BCUT2D eigenvalue weighted by atomic mass is 16.5. The van der Waals surface area contributed by atoms with Gasteiger partial charge in [-0.1, -0.05) is 0 Å². The lowest BCUT2D eigenvalue weighted by Crippen LogP contribution is -2.31. The molecule has 0 bridgehead atoms. The van der Waals surface area contributed by atoms with E-state index in [4.69, 9.17) is 0 Å². The molecule has 5 heteroatoms. The van der Waals surface area contributed by atoms with Gasteiger partial charge in [-0.25, -0.2) is 0 Å². The number of esters is 1. The fourth-order valence-electron chi connectivity index (χ4n) is 2.38. The van der Waals surface area contributed by atoms with Crippen LogP contribution in [0.25, 0.3) is 0 Å². The van der Waals surface area contributed by atoms with Gasteiger partial charge in [0.2, 0.25) is 5.91 Å². The molecular weight excluding hydrogens is 244 g/mol. The fraction of sp³-hybridized carbons (Fsp3) is 0.857. The molecule has 0 aromatic heterocycles. The van der Waals surface area contributed by atoms with Gasteiger partial charge in [0.25, 0.3) is 0 Å². The highest BCUT2D eigenvalue weighted by Gasteiger charge is 2.16. The Labute approximate surface area is 115 Å². The Morgan fingerprint density at radius 1 is 1.26 bits per heavy atom. The highest BCUT2D eigenvalue weighted by Crippen LogP contribution is 2.18. The molecule has 1 aliphatic rings. The van der Waals surface area contributed by atoms with Gasteiger partial charge >= 0.3 is 5.97 Å². The van der Waals surface area contributed by atoms with Crippen LogP contribution in [0, 0.1) is 5.92 Å². The van der Waals surface area contributed by atoms with E-state index >= 15 is 0 Å². The second-order valence-corrected chi connectivity index (χ2v) is 5.23. The van der Waals surface area contributed by atoms with Gasteiger partial charge in [-0.05, 0) is 44.7 Å². The zero-order valence-corrected chi connectivity index (χ0v) is 12.1. The molecule has 1 heterocycles. The summed E-state index contributed by atoms with van der Waals surface area (Å²) in [5, 5.41) is 3.33. The number of methoxy groups -OCH3 is 1. The summed E-state index contributed by atoms with van der Waals surface area (Å²) < 4.78 is 4.57. The first kappa shape index (κ1) is 16.0. The third kappa shape index (κ3) is 6.57. The predicted octanol–water partition coefficient (Wildman–Crippen LogP) is 1.18. The molecule has 1 aliphatic heterocycles. The van der Waals surface area contributed by atoms with Crippen LogP contribution in [-0.2, 0) is 14.3 Å². The lowest BCUT2D eigenvalue weighted by atomic mass is 9.93. The van der Waals surface area contributed by atoms with Gasteiger partial charge < -0.3 is 15.0 Å². The normalized spacial score (nSPS) is 16.1.